The zero-order valence-electron chi connectivity index (χ0n) is 12.4. The normalized spacial score (nSPS) is 12.8. The zero-order valence-corrected chi connectivity index (χ0v) is 12.4. The molecule has 0 aliphatic heterocycles. The standard InChI is InChI=1S/C16H15N5O/c1-20(2)9-18-11-3-4-12-10(7-11)8-13-14(12)19-16(22)15-17-5-6-21(13)15/h3-7,9H,8H2,1-2H3,(H,19,22). The number of aliphatic imine (C=N–C) groups is 1. The molecule has 0 bridgehead atoms. The van der Waals surface area contributed by atoms with E-state index in [1.54, 1.807) is 12.5 Å². The second kappa shape index (κ2) is 4.56. The Morgan fingerprint density at radius 2 is 2.27 bits per heavy atom. The molecule has 22 heavy (non-hydrogen) atoms. The molecule has 0 saturated carbocycles. The number of benzene rings is 1. The van der Waals surface area contributed by atoms with Crippen LogP contribution in [-0.2, 0) is 6.42 Å². The Labute approximate surface area is 126 Å². The van der Waals surface area contributed by atoms with Crippen molar-refractivity contribution in [3.8, 4) is 11.3 Å². The minimum Gasteiger partial charge on any atom is -0.369 e. The molecule has 2 heterocycles. The van der Waals surface area contributed by atoms with Crippen molar-refractivity contribution in [3.63, 3.8) is 0 Å². The van der Waals surface area contributed by atoms with Crippen LogP contribution in [0.3, 0.4) is 0 Å². The minimum absolute atomic E-state index is 0.161. The van der Waals surface area contributed by atoms with Crippen molar-refractivity contribution in [2.75, 3.05) is 14.1 Å². The van der Waals surface area contributed by atoms with Crippen LogP contribution in [0, 0.1) is 0 Å². The molecule has 0 fully saturated rings. The number of aromatic amines is 1. The summed E-state index contributed by atoms with van der Waals surface area (Å²) in [5.41, 5.74) is 5.37. The van der Waals surface area contributed by atoms with Crippen molar-refractivity contribution in [3.05, 3.63) is 52.2 Å². The molecule has 110 valence electrons. The summed E-state index contributed by atoms with van der Waals surface area (Å²) in [5.74, 6) is 0. The van der Waals surface area contributed by atoms with Crippen LogP contribution in [0.2, 0.25) is 0 Å². The van der Waals surface area contributed by atoms with E-state index < -0.39 is 0 Å². The Balaban J connectivity index is 1.86. The summed E-state index contributed by atoms with van der Waals surface area (Å²) < 4.78 is 1.87. The first kappa shape index (κ1) is 12.8. The topological polar surface area (TPSA) is 65.8 Å². The van der Waals surface area contributed by atoms with Crippen LogP contribution in [0.15, 0.2) is 40.4 Å². The molecule has 0 amide bonds. The summed E-state index contributed by atoms with van der Waals surface area (Å²) in [6, 6.07) is 6.04. The molecule has 0 unspecified atom stereocenters. The molecule has 1 aromatic carbocycles. The second-order valence-electron chi connectivity index (χ2n) is 5.62. The SMILES string of the molecule is CN(C)C=Nc1ccc2c(c1)Cc1c-2[nH]c(=O)c2nccn12. The van der Waals surface area contributed by atoms with Crippen LogP contribution in [0.4, 0.5) is 5.69 Å². The van der Waals surface area contributed by atoms with Gasteiger partial charge < -0.3 is 9.88 Å². The maximum absolute atomic E-state index is 12.1. The van der Waals surface area contributed by atoms with E-state index in [4.69, 9.17) is 0 Å². The van der Waals surface area contributed by atoms with Gasteiger partial charge in [0.05, 0.1) is 23.4 Å². The van der Waals surface area contributed by atoms with Crippen LogP contribution in [0.25, 0.3) is 16.9 Å². The summed E-state index contributed by atoms with van der Waals surface area (Å²) in [6.45, 7) is 0. The number of aromatic nitrogens is 3. The first-order valence-corrected chi connectivity index (χ1v) is 7.05. The predicted octanol–water partition coefficient (Wildman–Crippen LogP) is 1.82. The smallest absolute Gasteiger partial charge is 0.292 e. The fourth-order valence-corrected chi connectivity index (χ4v) is 2.86. The lowest BCUT2D eigenvalue weighted by molar-refractivity contribution is 0.643. The lowest BCUT2D eigenvalue weighted by atomic mass is 10.1. The Hall–Kier alpha value is -2.89. The van der Waals surface area contributed by atoms with Gasteiger partial charge in [-0.3, -0.25) is 9.20 Å². The van der Waals surface area contributed by atoms with Gasteiger partial charge in [0.2, 0.25) is 5.65 Å². The van der Waals surface area contributed by atoms with E-state index in [0.29, 0.717) is 5.65 Å². The van der Waals surface area contributed by atoms with Crippen LogP contribution in [-0.4, -0.2) is 39.7 Å². The maximum atomic E-state index is 12.1. The van der Waals surface area contributed by atoms with Crippen LogP contribution < -0.4 is 5.56 Å². The van der Waals surface area contributed by atoms with Crippen molar-refractivity contribution < 1.29 is 0 Å². The highest BCUT2D eigenvalue weighted by atomic mass is 16.1. The lowest BCUT2D eigenvalue weighted by Crippen LogP contribution is -2.13. The Morgan fingerprint density at radius 3 is 3.09 bits per heavy atom. The average Bonchev–Trinajstić information content (AvgIpc) is 3.09. The van der Waals surface area contributed by atoms with Crippen molar-refractivity contribution >= 4 is 17.7 Å². The Bertz CT molecular complexity index is 964. The fourth-order valence-electron chi connectivity index (χ4n) is 2.86. The van der Waals surface area contributed by atoms with Gasteiger partial charge >= 0.3 is 0 Å². The van der Waals surface area contributed by atoms with Crippen LogP contribution in [0.1, 0.15) is 11.3 Å². The highest BCUT2D eigenvalue weighted by molar-refractivity contribution is 5.76. The van der Waals surface area contributed by atoms with E-state index in [2.05, 4.69) is 21.0 Å². The number of nitrogens with zero attached hydrogens (tertiary/aromatic N) is 4. The number of hydrogen-bond donors (Lipinski definition) is 1. The number of nitrogens with one attached hydrogen (secondary N) is 1. The first-order chi connectivity index (χ1) is 10.6. The highest BCUT2D eigenvalue weighted by Gasteiger charge is 2.23. The molecule has 0 spiro atoms. The van der Waals surface area contributed by atoms with Gasteiger partial charge in [-0.2, -0.15) is 0 Å². The molecule has 6 nitrogen and oxygen atoms in total. The zero-order chi connectivity index (χ0) is 15.3. The van der Waals surface area contributed by atoms with E-state index in [1.165, 1.54) is 5.56 Å². The third-order valence-electron chi connectivity index (χ3n) is 3.82. The third-order valence-corrected chi connectivity index (χ3v) is 3.82. The monoisotopic (exact) mass is 293 g/mol. The predicted molar refractivity (Wildman–Crippen MR) is 85.9 cm³/mol. The number of fused-ring (bicyclic) bond motifs is 5. The summed E-state index contributed by atoms with van der Waals surface area (Å²) in [7, 11) is 3.88. The summed E-state index contributed by atoms with van der Waals surface area (Å²) >= 11 is 0. The molecular weight excluding hydrogens is 278 g/mol. The lowest BCUT2D eigenvalue weighted by Gasteiger charge is -2.04. The molecule has 3 aromatic rings. The maximum Gasteiger partial charge on any atom is 0.292 e. The minimum atomic E-state index is -0.161. The molecule has 0 radical (unpaired) electrons. The van der Waals surface area contributed by atoms with Gasteiger partial charge in [0, 0.05) is 38.5 Å². The Kier molecular flexibility index (Phi) is 2.66. The van der Waals surface area contributed by atoms with E-state index in [0.717, 1.165) is 29.1 Å². The van der Waals surface area contributed by atoms with Gasteiger partial charge in [-0.25, -0.2) is 9.98 Å². The molecule has 2 aromatic heterocycles. The van der Waals surface area contributed by atoms with Crippen molar-refractivity contribution in [1.29, 1.82) is 0 Å². The van der Waals surface area contributed by atoms with E-state index >= 15 is 0 Å². The third kappa shape index (κ3) is 1.84. The van der Waals surface area contributed by atoms with Gasteiger partial charge in [0.25, 0.3) is 5.56 Å². The summed E-state index contributed by atoms with van der Waals surface area (Å²) in [4.78, 5) is 25.5. The molecule has 1 aliphatic rings. The number of H-pyrrole nitrogens is 1. The van der Waals surface area contributed by atoms with Gasteiger partial charge in [-0.15, -0.1) is 0 Å². The van der Waals surface area contributed by atoms with E-state index in [9.17, 15) is 4.79 Å². The molecule has 4 rings (SSSR count). The van der Waals surface area contributed by atoms with Gasteiger partial charge in [0.15, 0.2) is 0 Å². The van der Waals surface area contributed by atoms with Crippen molar-refractivity contribution in [2.24, 2.45) is 4.99 Å². The second-order valence-corrected chi connectivity index (χ2v) is 5.62. The van der Waals surface area contributed by atoms with Gasteiger partial charge in [0.1, 0.15) is 0 Å². The first-order valence-electron chi connectivity index (χ1n) is 7.05. The fraction of sp³-hybridized carbons (Fsp3) is 0.188. The van der Waals surface area contributed by atoms with Gasteiger partial charge in [-0.05, 0) is 17.7 Å². The number of rotatable bonds is 2. The molecule has 0 atom stereocenters. The van der Waals surface area contributed by atoms with Crippen molar-refractivity contribution in [1.82, 2.24) is 19.3 Å². The largest absolute Gasteiger partial charge is 0.369 e. The molecule has 1 N–H and O–H groups in total. The highest BCUT2D eigenvalue weighted by Crippen LogP contribution is 2.36. The summed E-state index contributed by atoms with van der Waals surface area (Å²) in [5, 5.41) is 0. The summed E-state index contributed by atoms with van der Waals surface area (Å²) in [6.07, 6.45) is 6.03. The molecule has 0 saturated heterocycles. The van der Waals surface area contributed by atoms with E-state index in [-0.39, 0.29) is 5.56 Å². The quantitative estimate of drug-likeness (QED) is 0.453. The molecular formula is C16H15N5O. The molecule has 6 heteroatoms. The molecule has 1 aliphatic carbocycles. The van der Waals surface area contributed by atoms with Crippen molar-refractivity contribution in [2.45, 2.75) is 6.42 Å². The average molecular weight is 293 g/mol. The number of imidazole rings is 1. The van der Waals surface area contributed by atoms with E-state index in [1.807, 2.05) is 41.7 Å². The van der Waals surface area contributed by atoms with Crippen LogP contribution >= 0.6 is 0 Å². The number of hydrogen-bond acceptors (Lipinski definition) is 3. The van der Waals surface area contributed by atoms with Crippen LogP contribution in [0.5, 0.6) is 0 Å². The van der Waals surface area contributed by atoms with Gasteiger partial charge in [-0.1, -0.05) is 6.07 Å². The Morgan fingerprint density at radius 1 is 1.41 bits per heavy atom.